The van der Waals surface area contributed by atoms with E-state index in [1.165, 1.54) is 0 Å². The highest BCUT2D eigenvalue weighted by Gasteiger charge is 2.86. The van der Waals surface area contributed by atoms with Crippen LogP contribution in [0.4, 0.5) is 68.5 Å². The van der Waals surface area contributed by atoms with Gasteiger partial charge in [-0.3, -0.25) is 0 Å². The van der Waals surface area contributed by atoms with Gasteiger partial charge in [-0.2, -0.15) is 57.1 Å². The maximum Gasteiger partial charge on any atom is 0.389 e. The normalized spacial score (nSPS) is 14.9. The molecule has 1 rings (SSSR count). The van der Waals surface area contributed by atoms with Gasteiger partial charge in [0.1, 0.15) is 0 Å². The quantitative estimate of drug-likeness (QED) is 0.403. The first-order chi connectivity index (χ1) is 12.6. The Morgan fingerprint density at radius 3 is 1.55 bits per heavy atom. The van der Waals surface area contributed by atoms with Gasteiger partial charge in [-0.25, -0.2) is 0 Å². The zero-order valence-electron chi connectivity index (χ0n) is 13.7. The average molecular weight is 454 g/mol. The molecular weight excluding hydrogens is 443 g/mol. The minimum atomic E-state index is -7.50. The third kappa shape index (κ3) is 4.13. The molecule has 0 aliphatic rings. The van der Waals surface area contributed by atoms with Crippen molar-refractivity contribution in [2.75, 3.05) is 11.5 Å². The van der Waals surface area contributed by atoms with Gasteiger partial charge in [0.15, 0.2) is 0 Å². The first-order valence-corrected chi connectivity index (χ1v) is 7.23. The summed E-state index contributed by atoms with van der Waals surface area (Å²) in [6, 6.07) is 1.12. The Bertz CT molecular complexity index is 740. The van der Waals surface area contributed by atoms with Crippen LogP contribution in [0.25, 0.3) is 0 Å². The number of rotatable bonds is 7. The van der Waals surface area contributed by atoms with E-state index >= 15 is 0 Å². The van der Waals surface area contributed by atoms with E-state index in [9.17, 15) is 57.1 Å². The Labute approximate surface area is 153 Å². The van der Waals surface area contributed by atoms with E-state index < -0.39 is 65.6 Å². The second-order valence-corrected chi connectivity index (χ2v) is 5.96. The molecule has 0 aromatic heterocycles. The van der Waals surface area contributed by atoms with Crippen molar-refractivity contribution in [3.63, 3.8) is 0 Å². The predicted molar refractivity (Wildman–Crippen MR) is 74.2 cm³/mol. The Morgan fingerprint density at radius 1 is 0.621 bits per heavy atom. The summed E-state index contributed by atoms with van der Waals surface area (Å²) < 4.78 is 173. The number of nitrogens with two attached hydrogens (primary N) is 2. The van der Waals surface area contributed by atoms with E-state index in [4.69, 9.17) is 11.5 Å². The summed E-state index contributed by atoms with van der Waals surface area (Å²) in [5.41, 5.74) is 5.72. The van der Waals surface area contributed by atoms with Crippen molar-refractivity contribution in [2.45, 2.75) is 48.6 Å². The molecule has 4 N–H and O–H groups in total. The van der Waals surface area contributed by atoms with E-state index in [0.29, 0.717) is 6.07 Å². The molecule has 0 unspecified atom stereocenters. The fourth-order valence-electron chi connectivity index (χ4n) is 2.09. The van der Waals surface area contributed by atoms with Crippen LogP contribution in [0.2, 0.25) is 0 Å². The highest BCUT2D eigenvalue weighted by molar-refractivity contribution is 5.57. The van der Waals surface area contributed by atoms with Crippen molar-refractivity contribution in [3.8, 4) is 0 Å². The molecule has 0 radical (unpaired) electrons. The molecule has 0 aliphatic heterocycles. The first-order valence-electron chi connectivity index (χ1n) is 7.23. The third-order valence-corrected chi connectivity index (χ3v) is 3.78. The number of anilines is 2. The van der Waals surface area contributed by atoms with Gasteiger partial charge in [0.25, 0.3) is 0 Å². The number of benzene rings is 1. The van der Waals surface area contributed by atoms with E-state index in [0.717, 1.165) is 6.07 Å². The van der Waals surface area contributed by atoms with Gasteiger partial charge < -0.3 is 11.5 Å². The van der Waals surface area contributed by atoms with Crippen LogP contribution >= 0.6 is 0 Å². The van der Waals surface area contributed by atoms with Gasteiger partial charge >= 0.3 is 35.8 Å². The molecule has 0 fully saturated rings. The standard InChI is InChI=1S/C14H11F13N2/c15-9(16,3-4-10(17,18)19)12(22,23)14(26,27)13(24,25)11(20,21)7-5-6(28)1-2-8(7)29/h1-2,5H,3-4,28-29H2. The molecule has 1 aromatic carbocycles. The van der Waals surface area contributed by atoms with Crippen LogP contribution in [0, 0.1) is 0 Å². The molecule has 0 heterocycles. The number of halogens is 13. The second-order valence-electron chi connectivity index (χ2n) is 5.96. The van der Waals surface area contributed by atoms with Gasteiger partial charge in [-0.05, 0) is 18.2 Å². The van der Waals surface area contributed by atoms with Crippen LogP contribution in [-0.4, -0.2) is 29.9 Å². The SMILES string of the molecule is Nc1ccc(N)c(C(F)(F)C(F)(F)C(F)(F)C(F)(F)C(F)(F)CCC(F)(F)F)c1. The van der Waals surface area contributed by atoms with Gasteiger partial charge in [0, 0.05) is 24.2 Å². The highest BCUT2D eigenvalue weighted by atomic mass is 19.4. The second kappa shape index (κ2) is 7.00. The predicted octanol–water partition coefficient (Wildman–Crippen LogP) is 5.83. The molecule has 15 heteroatoms. The minimum Gasteiger partial charge on any atom is -0.399 e. The molecular formula is C14H11F13N2. The zero-order valence-corrected chi connectivity index (χ0v) is 13.7. The first kappa shape index (κ1) is 24.9. The van der Waals surface area contributed by atoms with Crippen molar-refractivity contribution < 1.29 is 57.1 Å². The van der Waals surface area contributed by atoms with Gasteiger partial charge in [0.2, 0.25) is 0 Å². The summed E-state index contributed by atoms with van der Waals surface area (Å²) >= 11 is 0. The minimum absolute atomic E-state index is 0.0702. The molecule has 0 spiro atoms. The van der Waals surface area contributed by atoms with Gasteiger partial charge in [-0.15, -0.1) is 0 Å². The third-order valence-electron chi connectivity index (χ3n) is 3.78. The molecule has 0 amide bonds. The lowest BCUT2D eigenvalue weighted by atomic mass is 9.89. The molecule has 168 valence electrons. The molecule has 0 atom stereocenters. The number of alkyl halides is 13. The smallest absolute Gasteiger partial charge is 0.389 e. The van der Waals surface area contributed by atoms with Crippen LogP contribution < -0.4 is 11.5 Å². The maximum absolute atomic E-state index is 14.0. The Balaban J connectivity index is 3.48. The summed E-state index contributed by atoms with van der Waals surface area (Å²) in [5, 5.41) is 0. The van der Waals surface area contributed by atoms with Gasteiger partial charge in [-0.1, -0.05) is 0 Å². The van der Waals surface area contributed by atoms with Crippen LogP contribution in [0.1, 0.15) is 18.4 Å². The summed E-state index contributed by atoms with van der Waals surface area (Å²) in [7, 11) is 0. The molecule has 0 saturated heterocycles. The number of nitrogen functional groups attached to an aromatic ring is 2. The van der Waals surface area contributed by atoms with E-state index in [2.05, 4.69) is 0 Å². The van der Waals surface area contributed by atoms with Crippen LogP contribution in [-0.2, 0) is 5.92 Å². The van der Waals surface area contributed by atoms with Crippen LogP contribution in [0.3, 0.4) is 0 Å². The zero-order chi connectivity index (χ0) is 23.3. The van der Waals surface area contributed by atoms with Gasteiger partial charge in [0.05, 0.1) is 5.56 Å². The molecule has 29 heavy (non-hydrogen) atoms. The van der Waals surface area contributed by atoms with E-state index in [-0.39, 0.29) is 6.07 Å². The number of hydrogen-bond donors (Lipinski definition) is 2. The molecule has 0 aliphatic carbocycles. The van der Waals surface area contributed by atoms with Crippen molar-refractivity contribution >= 4 is 11.4 Å². The molecule has 0 saturated carbocycles. The topological polar surface area (TPSA) is 52.0 Å². The Hall–Kier alpha value is -2.09. The lowest BCUT2D eigenvalue weighted by Crippen LogP contribution is -2.66. The van der Waals surface area contributed by atoms with Crippen molar-refractivity contribution in [3.05, 3.63) is 23.8 Å². The summed E-state index contributed by atoms with van der Waals surface area (Å²) in [6.07, 6.45) is -11.4. The lowest BCUT2D eigenvalue weighted by Gasteiger charge is -2.39. The van der Waals surface area contributed by atoms with E-state index in [1.54, 1.807) is 0 Å². The van der Waals surface area contributed by atoms with Crippen LogP contribution in [0.15, 0.2) is 18.2 Å². The highest BCUT2D eigenvalue weighted by Crippen LogP contribution is 2.61. The monoisotopic (exact) mass is 454 g/mol. The van der Waals surface area contributed by atoms with Crippen molar-refractivity contribution in [1.82, 2.24) is 0 Å². The molecule has 2 nitrogen and oxygen atoms in total. The maximum atomic E-state index is 14.0. The molecule has 0 bridgehead atoms. The number of hydrogen-bond acceptors (Lipinski definition) is 2. The summed E-state index contributed by atoms with van der Waals surface area (Å²) in [4.78, 5) is 0. The average Bonchev–Trinajstić information content (AvgIpc) is 2.53. The van der Waals surface area contributed by atoms with Crippen molar-refractivity contribution in [2.24, 2.45) is 0 Å². The summed E-state index contributed by atoms with van der Waals surface area (Å²) in [6.45, 7) is 0. The summed E-state index contributed by atoms with van der Waals surface area (Å²) in [5.74, 6) is -34.7. The van der Waals surface area contributed by atoms with Crippen molar-refractivity contribution in [1.29, 1.82) is 0 Å². The Kier molecular flexibility index (Phi) is 6.03. The molecule has 1 aromatic rings. The fourth-order valence-corrected chi connectivity index (χ4v) is 2.09. The fraction of sp³-hybridized carbons (Fsp3) is 0.571. The Morgan fingerprint density at radius 2 is 1.10 bits per heavy atom. The van der Waals surface area contributed by atoms with E-state index in [1.807, 2.05) is 0 Å². The largest absolute Gasteiger partial charge is 0.399 e. The van der Waals surface area contributed by atoms with Crippen LogP contribution in [0.5, 0.6) is 0 Å². The lowest BCUT2D eigenvalue weighted by molar-refractivity contribution is -0.406.